The van der Waals surface area contributed by atoms with Crippen LogP contribution in [-0.4, -0.2) is 47.1 Å². The van der Waals surface area contributed by atoms with Gasteiger partial charge in [0.1, 0.15) is 5.82 Å². The maximum absolute atomic E-state index is 12.7. The summed E-state index contributed by atoms with van der Waals surface area (Å²) in [6.07, 6.45) is -2.02. The Morgan fingerprint density at radius 3 is 2.70 bits per heavy atom. The maximum Gasteiger partial charge on any atom is 0.253 e. The molecule has 2 aromatic rings. The van der Waals surface area contributed by atoms with Crippen molar-refractivity contribution < 1.29 is 8.78 Å². The van der Waals surface area contributed by atoms with Crippen LogP contribution in [0, 0.1) is 13.8 Å². The number of hydrogen-bond acceptors (Lipinski definition) is 6. The first-order valence-electron chi connectivity index (χ1n) is 7.59. The zero-order valence-corrected chi connectivity index (χ0v) is 13.3. The molecule has 23 heavy (non-hydrogen) atoms. The second kappa shape index (κ2) is 6.19. The second-order valence-electron chi connectivity index (χ2n) is 5.85. The molecule has 0 aromatic carbocycles. The van der Waals surface area contributed by atoms with E-state index in [1.165, 1.54) is 0 Å². The Hall–Kier alpha value is -2.09. The third-order valence-electron chi connectivity index (χ3n) is 4.03. The SMILES string of the molecule is CNc1nc(N[C@H]2CN[C@H](C(F)F)C2)nc2nc(C)cc(C)c12. The van der Waals surface area contributed by atoms with Crippen LogP contribution < -0.4 is 16.0 Å². The third kappa shape index (κ3) is 3.17. The topological polar surface area (TPSA) is 74.8 Å². The molecule has 1 saturated heterocycles. The van der Waals surface area contributed by atoms with Gasteiger partial charge in [-0.2, -0.15) is 9.97 Å². The van der Waals surface area contributed by atoms with E-state index in [9.17, 15) is 8.78 Å². The molecule has 2 aromatic heterocycles. The van der Waals surface area contributed by atoms with Gasteiger partial charge in [0.2, 0.25) is 5.95 Å². The molecule has 3 heterocycles. The Morgan fingerprint density at radius 2 is 2.04 bits per heavy atom. The quantitative estimate of drug-likeness (QED) is 0.800. The van der Waals surface area contributed by atoms with Crippen molar-refractivity contribution in [1.82, 2.24) is 20.3 Å². The highest BCUT2D eigenvalue weighted by Crippen LogP contribution is 2.25. The number of alkyl halides is 2. The van der Waals surface area contributed by atoms with E-state index in [0.29, 0.717) is 30.4 Å². The summed E-state index contributed by atoms with van der Waals surface area (Å²) in [4.78, 5) is 13.4. The van der Waals surface area contributed by atoms with Crippen LogP contribution in [0.5, 0.6) is 0 Å². The first-order valence-corrected chi connectivity index (χ1v) is 7.59. The maximum atomic E-state index is 12.7. The lowest BCUT2D eigenvalue weighted by molar-refractivity contribution is 0.107. The highest BCUT2D eigenvalue weighted by Gasteiger charge is 2.31. The molecular weight excluding hydrogens is 302 g/mol. The van der Waals surface area contributed by atoms with Crippen molar-refractivity contribution in [3.63, 3.8) is 0 Å². The fourth-order valence-corrected chi connectivity index (χ4v) is 2.97. The number of rotatable bonds is 4. The molecule has 6 nitrogen and oxygen atoms in total. The molecule has 0 spiro atoms. The van der Waals surface area contributed by atoms with Crippen molar-refractivity contribution in [3.8, 4) is 0 Å². The molecule has 1 aliphatic rings. The van der Waals surface area contributed by atoms with Crippen molar-refractivity contribution in [3.05, 3.63) is 17.3 Å². The minimum atomic E-state index is -2.36. The Morgan fingerprint density at radius 1 is 1.26 bits per heavy atom. The van der Waals surface area contributed by atoms with Gasteiger partial charge in [0.25, 0.3) is 6.43 Å². The van der Waals surface area contributed by atoms with E-state index >= 15 is 0 Å². The predicted octanol–water partition coefficient (Wildman–Crippen LogP) is 2.09. The number of nitrogens with one attached hydrogen (secondary N) is 3. The van der Waals surface area contributed by atoms with Gasteiger partial charge in [-0.3, -0.25) is 0 Å². The van der Waals surface area contributed by atoms with Crippen molar-refractivity contribution >= 4 is 22.8 Å². The zero-order valence-electron chi connectivity index (χ0n) is 13.3. The number of nitrogens with zero attached hydrogens (tertiary/aromatic N) is 3. The highest BCUT2D eigenvalue weighted by molar-refractivity contribution is 5.90. The van der Waals surface area contributed by atoms with Gasteiger partial charge in [0, 0.05) is 25.3 Å². The zero-order chi connectivity index (χ0) is 16.6. The highest BCUT2D eigenvalue weighted by atomic mass is 19.3. The van der Waals surface area contributed by atoms with Crippen LogP contribution in [0.4, 0.5) is 20.5 Å². The van der Waals surface area contributed by atoms with Crippen molar-refractivity contribution in [2.45, 2.75) is 38.8 Å². The summed E-state index contributed by atoms with van der Waals surface area (Å²) in [6.45, 7) is 4.36. The number of anilines is 2. The van der Waals surface area contributed by atoms with Gasteiger partial charge in [-0.05, 0) is 31.9 Å². The Labute approximate surface area is 133 Å². The lowest BCUT2D eigenvalue weighted by Gasteiger charge is -2.15. The Kier molecular flexibility index (Phi) is 4.25. The third-order valence-corrected chi connectivity index (χ3v) is 4.03. The van der Waals surface area contributed by atoms with Crippen molar-refractivity contribution in [2.24, 2.45) is 0 Å². The van der Waals surface area contributed by atoms with Gasteiger partial charge in [-0.25, -0.2) is 13.8 Å². The fourth-order valence-electron chi connectivity index (χ4n) is 2.97. The number of aromatic nitrogens is 3. The summed E-state index contributed by atoms with van der Waals surface area (Å²) < 4.78 is 25.5. The average Bonchev–Trinajstić information content (AvgIpc) is 2.94. The van der Waals surface area contributed by atoms with Gasteiger partial charge < -0.3 is 16.0 Å². The molecule has 0 bridgehead atoms. The molecule has 124 valence electrons. The van der Waals surface area contributed by atoms with E-state index in [0.717, 1.165) is 16.6 Å². The molecule has 0 saturated carbocycles. The summed E-state index contributed by atoms with van der Waals surface area (Å²) in [5.41, 5.74) is 2.52. The van der Waals surface area contributed by atoms with E-state index in [-0.39, 0.29) is 6.04 Å². The lowest BCUT2D eigenvalue weighted by atomic mass is 10.1. The smallest absolute Gasteiger partial charge is 0.253 e. The van der Waals surface area contributed by atoms with Crippen LogP contribution >= 0.6 is 0 Å². The van der Waals surface area contributed by atoms with Crippen LogP contribution in [-0.2, 0) is 0 Å². The van der Waals surface area contributed by atoms with E-state index in [1.54, 1.807) is 7.05 Å². The van der Waals surface area contributed by atoms with Crippen molar-refractivity contribution in [1.29, 1.82) is 0 Å². The Balaban J connectivity index is 1.90. The summed E-state index contributed by atoms with van der Waals surface area (Å²) in [7, 11) is 1.79. The average molecular weight is 322 g/mol. The molecule has 0 radical (unpaired) electrons. The van der Waals surface area contributed by atoms with Crippen LogP contribution in [0.1, 0.15) is 17.7 Å². The number of fused-ring (bicyclic) bond motifs is 1. The molecular formula is C15H20F2N6. The minimum Gasteiger partial charge on any atom is -0.372 e. The first kappa shape index (κ1) is 15.8. The summed E-state index contributed by atoms with van der Waals surface area (Å²) in [5, 5.41) is 9.87. The molecule has 0 unspecified atom stereocenters. The fraction of sp³-hybridized carbons (Fsp3) is 0.533. The lowest BCUT2D eigenvalue weighted by Crippen LogP contribution is -2.28. The minimum absolute atomic E-state index is 0.123. The number of halogens is 2. The predicted molar refractivity (Wildman–Crippen MR) is 86.2 cm³/mol. The normalized spacial score (nSPS) is 21.1. The standard InChI is InChI=1S/C15H20F2N6/c1-7-4-8(2)20-14-11(7)13(18-3)22-15(23-14)21-9-5-10(12(16)17)19-6-9/h4,9-10,12,19H,5-6H2,1-3H3,(H2,18,20,21,22,23)/t9-,10+/m1/s1. The van der Waals surface area contributed by atoms with Crippen LogP contribution in [0.2, 0.25) is 0 Å². The molecule has 1 aliphatic heterocycles. The van der Waals surface area contributed by atoms with Gasteiger partial charge in [0.05, 0.1) is 11.4 Å². The van der Waals surface area contributed by atoms with Gasteiger partial charge in [-0.15, -0.1) is 0 Å². The largest absolute Gasteiger partial charge is 0.372 e. The Bertz CT molecular complexity index is 721. The summed E-state index contributed by atoms with van der Waals surface area (Å²) >= 11 is 0. The monoisotopic (exact) mass is 322 g/mol. The van der Waals surface area contributed by atoms with E-state index < -0.39 is 12.5 Å². The molecule has 3 rings (SSSR count). The van der Waals surface area contributed by atoms with E-state index in [4.69, 9.17) is 0 Å². The molecule has 2 atom stereocenters. The summed E-state index contributed by atoms with van der Waals surface area (Å²) in [5.74, 6) is 1.08. The van der Waals surface area contributed by atoms with Gasteiger partial charge >= 0.3 is 0 Å². The van der Waals surface area contributed by atoms with Crippen molar-refractivity contribution in [2.75, 3.05) is 24.2 Å². The molecule has 0 amide bonds. The first-order chi connectivity index (χ1) is 11.0. The van der Waals surface area contributed by atoms with Gasteiger partial charge in [-0.1, -0.05) is 0 Å². The number of pyridine rings is 1. The second-order valence-corrected chi connectivity index (χ2v) is 5.85. The molecule has 8 heteroatoms. The van der Waals surface area contributed by atoms with Gasteiger partial charge in [0.15, 0.2) is 5.65 Å². The van der Waals surface area contributed by atoms with E-state index in [2.05, 4.69) is 30.9 Å². The summed E-state index contributed by atoms with van der Waals surface area (Å²) in [6, 6.07) is 1.08. The number of aryl methyl sites for hydroxylation is 2. The number of hydrogen-bond donors (Lipinski definition) is 3. The molecule has 1 fully saturated rings. The molecule has 0 aliphatic carbocycles. The van der Waals surface area contributed by atoms with Crippen LogP contribution in [0.15, 0.2) is 6.07 Å². The van der Waals surface area contributed by atoms with Crippen LogP contribution in [0.25, 0.3) is 11.0 Å². The molecule has 3 N–H and O–H groups in total. The van der Waals surface area contributed by atoms with E-state index in [1.807, 2.05) is 19.9 Å². The van der Waals surface area contributed by atoms with Crippen LogP contribution in [0.3, 0.4) is 0 Å².